The van der Waals surface area contributed by atoms with Crippen molar-refractivity contribution in [2.75, 3.05) is 6.54 Å². The third-order valence-corrected chi connectivity index (χ3v) is 5.04. The molecule has 2 aromatic rings. The van der Waals surface area contributed by atoms with Crippen molar-refractivity contribution in [1.82, 2.24) is 4.98 Å². The fourth-order valence-corrected chi connectivity index (χ4v) is 3.80. The molecule has 0 spiro atoms. The molecule has 3 nitrogen and oxygen atoms in total. The van der Waals surface area contributed by atoms with E-state index in [1.807, 2.05) is 6.92 Å². The summed E-state index contributed by atoms with van der Waals surface area (Å²) in [5, 5.41) is 2.94. The van der Waals surface area contributed by atoms with Crippen molar-refractivity contribution in [3.8, 4) is 0 Å². The van der Waals surface area contributed by atoms with E-state index in [4.69, 9.17) is 10.2 Å². The summed E-state index contributed by atoms with van der Waals surface area (Å²) in [7, 11) is 0. The van der Waals surface area contributed by atoms with Crippen molar-refractivity contribution in [2.45, 2.75) is 17.4 Å². The van der Waals surface area contributed by atoms with E-state index >= 15 is 0 Å². The highest BCUT2D eigenvalue weighted by atomic mass is 79.9. The van der Waals surface area contributed by atoms with E-state index in [0.29, 0.717) is 11.8 Å². The van der Waals surface area contributed by atoms with Crippen LogP contribution in [0.4, 0.5) is 0 Å². The molecule has 2 heterocycles. The number of thiophene rings is 1. The average molecular weight is 319 g/mol. The molecule has 0 aliphatic rings. The van der Waals surface area contributed by atoms with Gasteiger partial charge in [0.25, 0.3) is 5.22 Å². The second-order valence-corrected chi connectivity index (χ2v) is 6.28. The molecule has 0 radical (unpaired) electrons. The van der Waals surface area contributed by atoms with Gasteiger partial charge in [0.05, 0.1) is 10.9 Å². The van der Waals surface area contributed by atoms with Crippen molar-refractivity contribution in [3.63, 3.8) is 0 Å². The van der Waals surface area contributed by atoms with Crippen LogP contribution in [0.1, 0.15) is 15.8 Å². The minimum absolute atomic E-state index is 0.203. The zero-order chi connectivity index (χ0) is 11.5. The number of halogens is 1. The lowest BCUT2D eigenvalue weighted by atomic mass is 10.3. The predicted molar refractivity (Wildman–Crippen MR) is 70.9 cm³/mol. The van der Waals surface area contributed by atoms with Crippen molar-refractivity contribution < 1.29 is 4.42 Å². The van der Waals surface area contributed by atoms with E-state index in [2.05, 4.69) is 32.4 Å². The molecule has 0 saturated heterocycles. The summed E-state index contributed by atoms with van der Waals surface area (Å²) in [6, 6.07) is 2.09. The molecule has 86 valence electrons. The Bertz CT molecular complexity index is 469. The van der Waals surface area contributed by atoms with Crippen LogP contribution in [0.5, 0.6) is 0 Å². The minimum Gasteiger partial charge on any atom is -0.440 e. The normalized spacial score (nSPS) is 12.9. The van der Waals surface area contributed by atoms with Crippen LogP contribution in [0.3, 0.4) is 0 Å². The lowest BCUT2D eigenvalue weighted by Crippen LogP contribution is -2.07. The zero-order valence-electron chi connectivity index (χ0n) is 8.64. The Morgan fingerprint density at radius 3 is 3.00 bits per heavy atom. The van der Waals surface area contributed by atoms with Gasteiger partial charge in [-0.05, 0) is 28.9 Å². The Morgan fingerprint density at radius 1 is 1.69 bits per heavy atom. The fourth-order valence-electron chi connectivity index (χ4n) is 1.23. The van der Waals surface area contributed by atoms with Crippen LogP contribution < -0.4 is 5.73 Å². The van der Waals surface area contributed by atoms with Crippen molar-refractivity contribution in [3.05, 3.63) is 32.8 Å². The first-order chi connectivity index (χ1) is 7.69. The quantitative estimate of drug-likeness (QED) is 0.875. The molecule has 2 aromatic heterocycles. The first kappa shape index (κ1) is 12.2. The molecule has 16 heavy (non-hydrogen) atoms. The molecule has 0 bridgehead atoms. The molecule has 0 aliphatic heterocycles. The van der Waals surface area contributed by atoms with Crippen LogP contribution in [0.15, 0.2) is 31.8 Å². The van der Waals surface area contributed by atoms with Crippen LogP contribution in [0.2, 0.25) is 0 Å². The van der Waals surface area contributed by atoms with Crippen molar-refractivity contribution in [1.29, 1.82) is 0 Å². The van der Waals surface area contributed by atoms with Gasteiger partial charge in [0.1, 0.15) is 6.26 Å². The van der Waals surface area contributed by atoms with E-state index in [1.54, 1.807) is 29.4 Å². The highest BCUT2D eigenvalue weighted by molar-refractivity contribution is 9.10. The number of hydrogen-bond donors (Lipinski definition) is 1. The number of thioether (sulfide) groups is 1. The first-order valence-electron chi connectivity index (χ1n) is 4.72. The number of rotatable bonds is 4. The molecule has 1 atom stereocenters. The molecule has 0 aliphatic carbocycles. The molecule has 0 amide bonds. The maximum absolute atomic E-state index is 5.77. The molecule has 2 rings (SSSR count). The summed E-state index contributed by atoms with van der Waals surface area (Å²) >= 11 is 6.69. The van der Waals surface area contributed by atoms with E-state index in [9.17, 15) is 0 Å². The number of aryl methyl sites for hydroxylation is 1. The summed E-state index contributed by atoms with van der Waals surface area (Å²) in [6.45, 7) is 2.48. The molecule has 0 saturated carbocycles. The summed E-state index contributed by atoms with van der Waals surface area (Å²) < 4.78 is 6.41. The number of aromatic nitrogens is 1. The van der Waals surface area contributed by atoms with Crippen LogP contribution >= 0.6 is 39.0 Å². The van der Waals surface area contributed by atoms with E-state index in [1.165, 1.54) is 4.88 Å². The Kier molecular flexibility index (Phi) is 4.07. The largest absolute Gasteiger partial charge is 0.440 e. The Labute approximate surface area is 111 Å². The number of nitrogens with two attached hydrogens (primary N) is 1. The third-order valence-electron chi connectivity index (χ3n) is 1.96. The minimum atomic E-state index is 0.203. The average Bonchev–Trinajstić information content (AvgIpc) is 2.84. The van der Waals surface area contributed by atoms with Gasteiger partial charge in [0.15, 0.2) is 0 Å². The lowest BCUT2D eigenvalue weighted by Gasteiger charge is -2.08. The number of oxazole rings is 1. The van der Waals surface area contributed by atoms with Crippen LogP contribution in [-0.2, 0) is 0 Å². The van der Waals surface area contributed by atoms with Gasteiger partial charge in [-0.3, -0.25) is 0 Å². The van der Waals surface area contributed by atoms with Gasteiger partial charge >= 0.3 is 0 Å². The molecular formula is C10H11BrN2OS2. The third kappa shape index (κ3) is 2.88. The van der Waals surface area contributed by atoms with Gasteiger partial charge in [-0.1, -0.05) is 11.8 Å². The summed E-state index contributed by atoms with van der Waals surface area (Å²) in [6.07, 6.45) is 1.65. The van der Waals surface area contributed by atoms with Gasteiger partial charge in [-0.15, -0.1) is 11.3 Å². The second kappa shape index (κ2) is 5.35. The van der Waals surface area contributed by atoms with E-state index in [-0.39, 0.29) is 5.25 Å². The van der Waals surface area contributed by atoms with E-state index < -0.39 is 0 Å². The van der Waals surface area contributed by atoms with Gasteiger partial charge < -0.3 is 10.2 Å². The van der Waals surface area contributed by atoms with Crippen molar-refractivity contribution >= 4 is 39.0 Å². The Hall–Kier alpha value is -0.300. The lowest BCUT2D eigenvalue weighted by molar-refractivity contribution is 0.453. The molecule has 2 N–H and O–H groups in total. The monoisotopic (exact) mass is 318 g/mol. The van der Waals surface area contributed by atoms with E-state index in [0.717, 1.165) is 10.2 Å². The molecule has 0 aromatic carbocycles. The maximum atomic E-state index is 5.77. The maximum Gasteiger partial charge on any atom is 0.256 e. The van der Waals surface area contributed by atoms with Crippen LogP contribution in [-0.4, -0.2) is 11.5 Å². The van der Waals surface area contributed by atoms with Gasteiger partial charge in [0.2, 0.25) is 0 Å². The molecule has 6 heteroatoms. The van der Waals surface area contributed by atoms with Gasteiger partial charge in [-0.25, -0.2) is 4.98 Å². The summed E-state index contributed by atoms with van der Waals surface area (Å²) in [5.41, 5.74) is 6.66. The predicted octanol–water partition coefficient (Wildman–Crippen LogP) is 3.60. The smallest absolute Gasteiger partial charge is 0.256 e. The molecular weight excluding hydrogens is 308 g/mol. The topological polar surface area (TPSA) is 52.0 Å². The van der Waals surface area contributed by atoms with Crippen molar-refractivity contribution in [2.24, 2.45) is 5.73 Å². The zero-order valence-corrected chi connectivity index (χ0v) is 11.9. The highest BCUT2D eigenvalue weighted by Gasteiger charge is 2.16. The number of hydrogen-bond acceptors (Lipinski definition) is 5. The standard InChI is InChI=1S/C10H11BrN2OS2/c1-6-4-14-10(13-6)16-9(3-12)8-2-7(11)5-15-8/h2,4-5,9H,3,12H2,1H3. The number of nitrogens with zero attached hydrogens (tertiary/aromatic N) is 1. The first-order valence-corrected chi connectivity index (χ1v) is 7.27. The summed E-state index contributed by atoms with van der Waals surface area (Å²) in [5.74, 6) is 0. The fraction of sp³-hybridized carbons (Fsp3) is 0.300. The second-order valence-electron chi connectivity index (χ2n) is 3.26. The van der Waals surface area contributed by atoms with Gasteiger partial charge in [0, 0.05) is 21.3 Å². The SMILES string of the molecule is Cc1coc(SC(CN)c2cc(Br)cs2)n1. The van der Waals surface area contributed by atoms with Crippen LogP contribution in [0.25, 0.3) is 0 Å². The Morgan fingerprint density at radius 2 is 2.50 bits per heavy atom. The van der Waals surface area contributed by atoms with Gasteiger partial charge in [-0.2, -0.15) is 0 Å². The molecule has 1 unspecified atom stereocenters. The summed E-state index contributed by atoms with van der Waals surface area (Å²) in [4.78, 5) is 5.50. The Balaban J connectivity index is 2.12. The highest BCUT2D eigenvalue weighted by Crippen LogP contribution is 2.37. The molecule has 0 fully saturated rings. The van der Waals surface area contributed by atoms with Crippen LogP contribution in [0, 0.1) is 6.92 Å².